The molecule has 118 valence electrons. The third-order valence-electron chi connectivity index (χ3n) is 4.32. The molecular weight excluding hydrogens is 286 g/mol. The quantitative estimate of drug-likeness (QED) is 0.721. The molecule has 1 aromatic heterocycles. The highest BCUT2D eigenvalue weighted by atomic mass is 16.5. The highest BCUT2D eigenvalue weighted by Crippen LogP contribution is 2.37. The van der Waals surface area contributed by atoms with Gasteiger partial charge in [0.1, 0.15) is 17.2 Å². The Kier molecular flexibility index (Phi) is 3.95. The second kappa shape index (κ2) is 5.92. The molecule has 2 aromatic carbocycles. The molecule has 0 spiro atoms. The van der Waals surface area contributed by atoms with Crippen molar-refractivity contribution in [1.29, 1.82) is 0 Å². The Morgan fingerprint density at radius 1 is 0.957 bits per heavy atom. The number of fused-ring (bicyclic) bond motifs is 1. The van der Waals surface area contributed by atoms with Gasteiger partial charge in [-0.05, 0) is 51.0 Å². The first-order chi connectivity index (χ1) is 11.0. The number of benzene rings is 2. The molecule has 0 unspecified atom stereocenters. The van der Waals surface area contributed by atoms with E-state index in [1.54, 1.807) is 0 Å². The van der Waals surface area contributed by atoms with E-state index in [-0.39, 0.29) is 0 Å². The van der Waals surface area contributed by atoms with Gasteiger partial charge in [-0.1, -0.05) is 25.1 Å². The molecule has 1 heterocycles. The van der Waals surface area contributed by atoms with E-state index < -0.39 is 0 Å². The first kappa shape index (κ1) is 15.3. The Morgan fingerprint density at radius 2 is 1.70 bits per heavy atom. The number of hydrogen-bond donors (Lipinski definition) is 1. The van der Waals surface area contributed by atoms with Crippen LogP contribution in [-0.2, 0) is 6.42 Å². The molecule has 0 saturated carbocycles. The number of rotatable bonds is 3. The zero-order valence-electron chi connectivity index (χ0n) is 14.0. The van der Waals surface area contributed by atoms with Crippen molar-refractivity contribution < 1.29 is 9.84 Å². The maximum Gasteiger partial charge on any atom is 0.131 e. The highest BCUT2D eigenvalue weighted by molar-refractivity contribution is 5.91. The fraction of sp³-hybridized carbons (Fsp3) is 0.250. The Balaban J connectivity index is 2.16. The zero-order chi connectivity index (χ0) is 16.6. The van der Waals surface area contributed by atoms with Gasteiger partial charge in [-0.3, -0.25) is 4.98 Å². The standard InChI is InChI=1S/C20H21NO2/c1-5-15-13(3)20(22)19-14(4)18(11-10-16(19)21-15)23-17-9-7-6-8-12(17)2/h6-11H,5H2,1-4H3,(H,21,22). The third-order valence-corrected chi connectivity index (χ3v) is 4.32. The number of pyridine rings is 1. The average Bonchev–Trinajstić information content (AvgIpc) is 2.55. The van der Waals surface area contributed by atoms with Crippen LogP contribution in [0.15, 0.2) is 36.4 Å². The van der Waals surface area contributed by atoms with Gasteiger partial charge in [0.25, 0.3) is 0 Å². The maximum absolute atomic E-state index is 10.6. The first-order valence-electron chi connectivity index (χ1n) is 7.88. The molecule has 0 amide bonds. The number of aromatic nitrogens is 1. The highest BCUT2D eigenvalue weighted by Gasteiger charge is 2.15. The van der Waals surface area contributed by atoms with E-state index in [4.69, 9.17) is 4.74 Å². The summed E-state index contributed by atoms with van der Waals surface area (Å²) in [5.74, 6) is 1.87. The molecule has 0 aliphatic rings. The zero-order valence-corrected chi connectivity index (χ0v) is 14.0. The minimum atomic E-state index is 0.305. The van der Waals surface area contributed by atoms with Gasteiger partial charge in [-0.25, -0.2) is 0 Å². The molecule has 0 aliphatic carbocycles. The van der Waals surface area contributed by atoms with Crippen LogP contribution in [0, 0.1) is 20.8 Å². The van der Waals surface area contributed by atoms with Gasteiger partial charge in [-0.2, -0.15) is 0 Å². The lowest BCUT2D eigenvalue weighted by atomic mass is 10.0. The number of nitrogens with zero attached hydrogens (tertiary/aromatic N) is 1. The smallest absolute Gasteiger partial charge is 0.131 e. The van der Waals surface area contributed by atoms with Crippen LogP contribution < -0.4 is 4.74 Å². The summed E-state index contributed by atoms with van der Waals surface area (Å²) in [4.78, 5) is 4.67. The summed E-state index contributed by atoms with van der Waals surface area (Å²) in [6.45, 7) is 7.93. The fourth-order valence-corrected chi connectivity index (χ4v) is 2.87. The summed E-state index contributed by atoms with van der Waals surface area (Å²) in [6, 6.07) is 11.7. The lowest BCUT2D eigenvalue weighted by Gasteiger charge is -2.15. The van der Waals surface area contributed by atoms with Crippen LogP contribution in [0.1, 0.15) is 29.3 Å². The average molecular weight is 307 g/mol. The molecule has 0 radical (unpaired) electrons. The maximum atomic E-state index is 10.6. The van der Waals surface area contributed by atoms with Crippen LogP contribution in [0.25, 0.3) is 10.9 Å². The van der Waals surface area contributed by atoms with Crippen LogP contribution in [0.4, 0.5) is 0 Å². The fourth-order valence-electron chi connectivity index (χ4n) is 2.87. The van der Waals surface area contributed by atoms with Crippen molar-refractivity contribution in [2.24, 2.45) is 0 Å². The number of aryl methyl sites for hydroxylation is 3. The summed E-state index contributed by atoms with van der Waals surface area (Å²) >= 11 is 0. The Hall–Kier alpha value is -2.55. The van der Waals surface area contributed by atoms with Crippen molar-refractivity contribution in [3.63, 3.8) is 0 Å². The second-order valence-electron chi connectivity index (χ2n) is 5.84. The topological polar surface area (TPSA) is 42.4 Å². The molecule has 3 heteroatoms. The van der Waals surface area contributed by atoms with Crippen molar-refractivity contribution in [3.8, 4) is 17.2 Å². The molecule has 0 atom stereocenters. The molecule has 0 bridgehead atoms. The molecule has 3 nitrogen and oxygen atoms in total. The van der Waals surface area contributed by atoms with Crippen LogP contribution >= 0.6 is 0 Å². The van der Waals surface area contributed by atoms with Gasteiger partial charge in [0, 0.05) is 22.2 Å². The summed E-state index contributed by atoms with van der Waals surface area (Å²) < 4.78 is 6.06. The Bertz CT molecular complexity index is 884. The molecule has 23 heavy (non-hydrogen) atoms. The van der Waals surface area contributed by atoms with Gasteiger partial charge in [0.2, 0.25) is 0 Å². The minimum Gasteiger partial charge on any atom is -0.507 e. The molecule has 0 saturated heterocycles. The molecule has 0 fully saturated rings. The molecular formula is C20H21NO2. The van der Waals surface area contributed by atoms with Gasteiger partial charge in [0.05, 0.1) is 5.52 Å². The van der Waals surface area contributed by atoms with Gasteiger partial charge < -0.3 is 9.84 Å². The summed E-state index contributed by atoms with van der Waals surface area (Å²) in [5.41, 5.74) is 4.56. The van der Waals surface area contributed by atoms with Crippen LogP contribution in [-0.4, -0.2) is 10.1 Å². The first-order valence-corrected chi connectivity index (χ1v) is 7.88. The van der Waals surface area contributed by atoms with Crippen LogP contribution in [0.3, 0.4) is 0 Å². The van der Waals surface area contributed by atoms with E-state index in [2.05, 4.69) is 4.98 Å². The van der Waals surface area contributed by atoms with Crippen molar-refractivity contribution in [2.75, 3.05) is 0 Å². The predicted octanol–water partition coefficient (Wildman–Crippen LogP) is 5.22. The monoisotopic (exact) mass is 307 g/mol. The van der Waals surface area contributed by atoms with E-state index >= 15 is 0 Å². The Morgan fingerprint density at radius 3 is 2.39 bits per heavy atom. The minimum absolute atomic E-state index is 0.305. The number of hydrogen-bond acceptors (Lipinski definition) is 3. The van der Waals surface area contributed by atoms with Crippen LogP contribution in [0.2, 0.25) is 0 Å². The van der Waals surface area contributed by atoms with E-state index in [1.165, 1.54) is 0 Å². The van der Waals surface area contributed by atoms with Crippen molar-refractivity contribution in [1.82, 2.24) is 4.98 Å². The third kappa shape index (κ3) is 2.63. The molecule has 1 N–H and O–H groups in total. The molecule has 3 rings (SSSR count). The SMILES string of the molecule is CCc1nc2ccc(Oc3ccccc3C)c(C)c2c(O)c1C. The van der Waals surface area contributed by atoms with Gasteiger partial charge in [-0.15, -0.1) is 0 Å². The van der Waals surface area contributed by atoms with E-state index in [0.29, 0.717) is 5.75 Å². The summed E-state index contributed by atoms with van der Waals surface area (Å²) in [7, 11) is 0. The second-order valence-corrected chi connectivity index (χ2v) is 5.84. The molecule has 3 aromatic rings. The lowest BCUT2D eigenvalue weighted by Crippen LogP contribution is -1.97. The predicted molar refractivity (Wildman–Crippen MR) is 93.5 cm³/mol. The number of para-hydroxylation sites is 1. The Labute approximate surface area is 136 Å². The van der Waals surface area contributed by atoms with Crippen molar-refractivity contribution in [3.05, 3.63) is 58.8 Å². The van der Waals surface area contributed by atoms with Crippen molar-refractivity contribution >= 4 is 10.9 Å². The molecule has 0 aliphatic heterocycles. The normalized spacial score (nSPS) is 11.0. The van der Waals surface area contributed by atoms with E-state index in [9.17, 15) is 5.11 Å². The summed E-state index contributed by atoms with van der Waals surface area (Å²) in [6.07, 6.45) is 0.801. The summed E-state index contributed by atoms with van der Waals surface area (Å²) in [5, 5.41) is 11.4. The van der Waals surface area contributed by atoms with E-state index in [1.807, 2.05) is 64.1 Å². The van der Waals surface area contributed by atoms with E-state index in [0.717, 1.165) is 51.2 Å². The van der Waals surface area contributed by atoms with Crippen molar-refractivity contribution in [2.45, 2.75) is 34.1 Å². The lowest BCUT2D eigenvalue weighted by molar-refractivity contribution is 0.468. The largest absolute Gasteiger partial charge is 0.507 e. The number of aromatic hydroxyl groups is 1. The van der Waals surface area contributed by atoms with Crippen LogP contribution in [0.5, 0.6) is 17.2 Å². The van der Waals surface area contributed by atoms with Gasteiger partial charge >= 0.3 is 0 Å². The number of ether oxygens (including phenoxy) is 1. The van der Waals surface area contributed by atoms with Gasteiger partial charge in [0.15, 0.2) is 0 Å².